The van der Waals surface area contributed by atoms with Gasteiger partial charge in [0.2, 0.25) is 0 Å². The van der Waals surface area contributed by atoms with E-state index in [-0.39, 0.29) is 0 Å². The van der Waals surface area contributed by atoms with Crippen molar-refractivity contribution in [1.82, 2.24) is 0 Å². The summed E-state index contributed by atoms with van der Waals surface area (Å²) in [5.74, 6) is 1.46. The molecule has 1 aliphatic heterocycles. The summed E-state index contributed by atoms with van der Waals surface area (Å²) in [6.45, 7) is 0. The topological polar surface area (TPSA) is 29.4 Å². The molecule has 14 heavy (non-hydrogen) atoms. The summed E-state index contributed by atoms with van der Waals surface area (Å²) >= 11 is 9.15. The Labute approximate surface area is 97.0 Å². The zero-order valence-electron chi connectivity index (χ0n) is 7.37. The minimum Gasteiger partial charge on any atom is -0.249 e. The third kappa shape index (κ3) is 2.12. The van der Waals surface area contributed by atoms with Gasteiger partial charge in [0, 0.05) is 16.0 Å². The Bertz CT molecular complexity index is 470. The molecule has 0 aromatic heterocycles. The molecule has 0 radical (unpaired) electrons. The van der Waals surface area contributed by atoms with Crippen molar-refractivity contribution in [3.05, 3.63) is 27.7 Å². The summed E-state index contributed by atoms with van der Waals surface area (Å²) in [5, 5.41) is 0.646. The molecule has 0 amide bonds. The van der Waals surface area contributed by atoms with Gasteiger partial charge in [0.1, 0.15) is 0 Å². The van der Waals surface area contributed by atoms with Crippen LogP contribution in [0.2, 0.25) is 5.02 Å². The Morgan fingerprint density at radius 1 is 1.43 bits per heavy atom. The Morgan fingerprint density at radius 2 is 2.14 bits per heavy atom. The summed E-state index contributed by atoms with van der Waals surface area (Å²) in [6, 6.07) is 5.34. The second kappa shape index (κ2) is 3.83. The van der Waals surface area contributed by atoms with Gasteiger partial charge in [-0.3, -0.25) is 0 Å². The Kier molecular flexibility index (Phi) is 2.86. The highest BCUT2D eigenvalue weighted by atomic mass is 79.9. The second-order valence-electron chi connectivity index (χ2n) is 3.22. The molecule has 1 aliphatic rings. The Hall–Kier alpha value is -0.0600. The minimum atomic E-state index is -1.91. The van der Waals surface area contributed by atoms with Crippen LogP contribution in [0.3, 0.4) is 0 Å². The van der Waals surface area contributed by atoms with Gasteiger partial charge in [-0.15, -0.1) is 0 Å². The molecule has 0 spiro atoms. The minimum absolute atomic E-state index is 0.646. The number of hydrogen-bond acceptors (Lipinski definition) is 2. The molecule has 2 nitrogen and oxygen atoms in total. The predicted molar refractivity (Wildman–Crippen MR) is 63.7 cm³/mol. The van der Waals surface area contributed by atoms with Crippen LogP contribution < -0.4 is 0 Å². The lowest BCUT2D eigenvalue weighted by Gasteiger charge is -2.17. The molecular formula is C9H9BrClNOS. The van der Waals surface area contributed by atoms with Crippen molar-refractivity contribution in [2.75, 3.05) is 11.5 Å². The maximum atomic E-state index is 11.8. The molecule has 0 bridgehead atoms. The van der Waals surface area contributed by atoms with Crippen LogP contribution in [0.15, 0.2) is 27.0 Å². The summed E-state index contributed by atoms with van der Waals surface area (Å²) in [4.78, 5) is 0. The van der Waals surface area contributed by atoms with Crippen molar-refractivity contribution < 1.29 is 4.21 Å². The molecule has 0 saturated carbocycles. The normalized spacial score (nSPS) is 18.7. The van der Waals surface area contributed by atoms with Gasteiger partial charge in [0.15, 0.2) is 0 Å². The molecule has 0 atom stereocenters. The van der Waals surface area contributed by atoms with Gasteiger partial charge < -0.3 is 0 Å². The molecule has 1 fully saturated rings. The van der Waals surface area contributed by atoms with Crippen LogP contribution in [0, 0.1) is 0 Å². The molecular weight excluding hydrogens is 286 g/mol. The quantitative estimate of drug-likeness (QED) is 0.778. The zero-order valence-corrected chi connectivity index (χ0v) is 10.5. The molecule has 0 N–H and O–H groups in total. The first-order valence-corrected chi connectivity index (χ1v) is 7.29. The average molecular weight is 295 g/mol. The van der Waals surface area contributed by atoms with Crippen LogP contribution in [0.4, 0.5) is 5.69 Å². The standard InChI is InChI=1S/C9H9BrClNOS/c10-8-6-7(2-3-9(8)11)12-14(13)4-1-5-14/h2-3,6H,1,4-5H2. The number of hydrogen-bond donors (Lipinski definition) is 0. The van der Waals surface area contributed by atoms with Gasteiger partial charge in [-0.2, -0.15) is 4.36 Å². The van der Waals surface area contributed by atoms with Crippen LogP contribution in [0.25, 0.3) is 0 Å². The van der Waals surface area contributed by atoms with E-state index in [0.29, 0.717) is 5.02 Å². The fourth-order valence-corrected chi connectivity index (χ4v) is 3.16. The smallest absolute Gasteiger partial charge is 0.0742 e. The fourth-order valence-electron chi connectivity index (χ4n) is 1.22. The fraction of sp³-hybridized carbons (Fsp3) is 0.333. The van der Waals surface area contributed by atoms with Gasteiger partial charge >= 0.3 is 0 Å². The Balaban J connectivity index is 2.39. The van der Waals surface area contributed by atoms with Gasteiger partial charge in [0.25, 0.3) is 0 Å². The summed E-state index contributed by atoms with van der Waals surface area (Å²) in [5.41, 5.74) is 0.742. The summed E-state index contributed by atoms with van der Waals surface area (Å²) in [6.07, 6.45) is 1.02. The van der Waals surface area contributed by atoms with E-state index in [9.17, 15) is 4.21 Å². The van der Waals surface area contributed by atoms with Gasteiger partial charge in [-0.1, -0.05) is 11.6 Å². The van der Waals surface area contributed by atoms with E-state index in [4.69, 9.17) is 11.6 Å². The van der Waals surface area contributed by atoms with Crippen LogP contribution in [0.5, 0.6) is 0 Å². The largest absolute Gasteiger partial charge is 0.249 e. The van der Waals surface area contributed by atoms with Crippen molar-refractivity contribution in [1.29, 1.82) is 0 Å². The second-order valence-corrected chi connectivity index (χ2v) is 7.03. The molecule has 1 aromatic carbocycles. The van der Waals surface area contributed by atoms with E-state index in [1.807, 2.05) is 0 Å². The van der Waals surface area contributed by atoms with Crippen LogP contribution in [-0.4, -0.2) is 15.7 Å². The van der Waals surface area contributed by atoms with Crippen molar-refractivity contribution in [2.45, 2.75) is 6.42 Å². The van der Waals surface area contributed by atoms with Crippen molar-refractivity contribution in [3.63, 3.8) is 0 Å². The third-order valence-electron chi connectivity index (χ3n) is 2.10. The Morgan fingerprint density at radius 3 is 2.64 bits per heavy atom. The molecule has 0 unspecified atom stereocenters. The van der Waals surface area contributed by atoms with Crippen LogP contribution >= 0.6 is 27.5 Å². The van der Waals surface area contributed by atoms with E-state index >= 15 is 0 Å². The van der Waals surface area contributed by atoms with Crippen LogP contribution in [-0.2, 0) is 9.73 Å². The number of rotatable bonds is 1. The van der Waals surface area contributed by atoms with E-state index < -0.39 is 9.73 Å². The SMILES string of the molecule is O=S1(=Nc2ccc(Cl)c(Br)c2)CCC1. The molecule has 0 aliphatic carbocycles. The third-order valence-corrected chi connectivity index (χ3v) is 5.71. The van der Waals surface area contributed by atoms with Crippen molar-refractivity contribution in [3.8, 4) is 0 Å². The molecule has 2 rings (SSSR count). The lowest BCUT2D eigenvalue weighted by atomic mass is 10.3. The lowest BCUT2D eigenvalue weighted by Crippen LogP contribution is -2.22. The first-order chi connectivity index (χ1) is 6.59. The highest BCUT2D eigenvalue weighted by Gasteiger charge is 2.19. The molecule has 1 heterocycles. The first-order valence-electron chi connectivity index (χ1n) is 4.27. The van der Waals surface area contributed by atoms with E-state index in [0.717, 1.165) is 28.1 Å². The highest BCUT2D eigenvalue weighted by molar-refractivity contribution is 9.10. The van der Waals surface area contributed by atoms with E-state index in [2.05, 4.69) is 20.3 Å². The maximum Gasteiger partial charge on any atom is 0.0742 e. The molecule has 1 saturated heterocycles. The number of benzene rings is 1. The number of halogens is 2. The molecule has 5 heteroatoms. The first kappa shape index (κ1) is 10.5. The average Bonchev–Trinajstić information content (AvgIpc) is 2.09. The predicted octanol–water partition coefficient (Wildman–Crippen LogP) is 3.61. The number of nitrogens with zero attached hydrogens (tertiary/aromatic N) is 1. The van der Waals surface area contributed by atoms with Crippen molar-refractivity contribution >= 4 is 42.9 Å². The highest BCUT2D eigenvalue weighted by Crippen LogP contribution is 2.29. The van der Waals surface area contributed by atoms with Crippen molar-refractivity contribution in [2.24, 2.45) is 4.36 Å². The van der Waals surface area contributed by atoms with E-state index in [1.165, 1.54) is 0 Å². The zero-order chi connectivity index (χ0) is 10.2. The summed E-state index contributed by atoms with van der Waals surface area (Å²) in [7, 11) is -1.91. The monoisotopic (exact) mass is 293 g/mol. The van der Waals surface area contributed by atoms with Gasteiger partial charge in [-0.25, -0.2) is 4.21 Å². The summed E-state index contributed by atoms with van der Waals surface area (Å²) < 4.78 is 16.8. The van der Waals surface area contributed by atoms with Gasteiger partial charge in [0.05, 0.1) is 20.4 Å². The van der Waals surface area contributed by atoms with Crippen LogP contribution in [0.1, 0.15) is 6.42 Å². The maximum absolute atomic E-state index is 11.8. The van der Waals surface area contributed by atoms with Gasteiger partial charge in [-0.05, 0) is 40.5 Å². The molecule has 76 valence electrons. The lowest BCUT2D eigenvalue weighted by molar-refractivity contribution is 0.663. The van der Waals surface area contributed by atoms with E-state index in [1.54, 1.807) is 18.2 Å². The molecule has 1 aromatic rings.